The van der Waals surface area contributed by atoms with Crippen molar-refractivity contribution in [3.05, 3.63) is 29.8 Å². The van der Waals surface area contributed by atoms with Crippen LogP contribution in [0.15, 0.2) is 39.2 Å². The summed E-state index contributed by atoms with van der Waals surface area (Å²) in [7, 11) is 0. The van der Waals surface area contributed by atoms with Crippen molar-refractivity contribution in [2.75, 3.05) is 6.67 Å². The largest absolute Gasteiger partial charge is 0.295 e. The number of nitrogens with zero attached hydrogens (tertiary/aromatic N) is 4. The summed E-state index contributed by atoms with van der Waals surface area (Å²) in [6.07, 6.45) is 0. The maximum atomic E-state index is 11.1. The monoisotopic (exact) mass is 255 g/mol. The molecule has 1 amide bonds. The minimum absolute atomic E-state index is 0.175. The first-order chi connectivity index (χ1) is 9.15. The zero-order valence-corrected chi connectivity index (χ0v) is 10.7. The Balaban J connectivity index is 2.06. The Morgan fingerprint density at radius 3 is 2.89 bits per heavy atom. The van der Waals surface area contributed by atoms with E-state index < -0.39 is 0 Å². The molecule has 2 aliphatic heterocycles. The number of carbonyl (C=O) groups is 1. The second-order valence-corrected chi connectivity index (χ2v) is 4.34. The minimum atomic E-state index is -0.175. The molecular weight excluding hydrogens is 242 g/mol. The highest BCUT2D eigenvalue weighted by molar-refractivity contribution is 6.19. The third kappa shape index (κ3) is 2.01. The summed E-state index contributed by atoms with van der Waals surface area (Å²) in [6.45, 7) is 3.78. The van der Waals surface area contributed by atoms with Crippen molar-refractivity contribution in [1.82, 2.24) is 10.2 Å². The molecule has 1 N–H and O–H groups in total. The summed E-state index contributed by atoms with van der Waals surface area (Å²) in [5, 5.41) is 2.62. The van der Waals surface area contributed by atoms with Gasteiger partial charge in [-0.15, -0.1) is 0 Å². The second-order valence-electron chi connectivity index (χ2n) is 4.34. The smallest absolute Gasteiger partial charge is 0.228 e. The predicted molar refractivity (Wildman–Crippen MR) is 73.7 cm³/mol. The van der Waals surface area contributed by atoms with Gasteiger partial charge in [0, 0.05) is 12.5 Å². The Morgan fingerprint density at radius 1 is 1.32 bits per heavy atom. The number of nitrogens with one attached hydrogen (secondary N) is 1. The Bertz CT molecular complexity index is 644. The number of aliphatic imine (C=N–C) groups is 3. The van der Waals surface area contributed by atoms with Gasteiger partial charge in [-0.1, -0.05) is 12.1 Å². The highest BCUT2D eigenvalue weighted by Gasteiger charge is 2.26. The van der Waals surface area contributed by atoms with Gasteiger partial charge in [0.25, 0.3) is 0 Å². The molecule has 96 valence electrons. The average molecular weight is 255 g/mol. The number of para-hydroxylation sites is 1. The van der Waals surface area contributed by atoms with E-state index >= 15 is 0 Å². The number of hydrogen-bond acceptors (Lipinski definition) is 5. The molecule has 0 atom stereocenters. The van der Waals surface area contributed by atoms with Crippen LogP contribution >= 0.6 is 0 Å². The molecule has 3 rings (SSSR count). The molecule has 0 radical (unpaired) electrons. The van der Waals surface area contributed by atoms with Gasteiger partial charge in [0.15, 0.2) is 0 Å². The van der Waals surface area contributed by atoms with E-state index in [9.17, 15) is 4.79 Å². The third-order valence-electron chi connectivity index (χ3n) is 2.94. The average Bonchev–Trinajstić information content (AvgIpc) is 2.38. The lowest BCUT2D eigenvalue weighted by Crippen LogP contribution is -2.44. The van der Waals surface area contributed by atoms with Crippen LogP contribution in [0.1, 0.15) is 19.4 Å². The summed E-state index contributed by atoms with van der Waals surface area (Å²) in [5.41, 5.74) is 1.84. The van der Waals surface area contributed by atoms with E-state index in [-0.39, 0.29) is 5.91 Å². The zero-order chi connectivity index (χ0) is 13.4. The molecule has 0 aliphatic carbocycles. The van der Waals surface area contributed by atoms with Crippen LogP contribution in [-0.4, -0.2) is 35.1 Å². The van der Waals surface area contributed by atoms with Crippen molar-refractivity contribution < 1.29 is 4.79 Å². The summed E-state index contributed by atoms with van der Waals surface area (Å²) in [6, 6.07) is 7.80. The number of amidine groups is 2. The predicted octanol–water partition coefficient (Wildman–Crippen LogP) is 1.26. The fourth-order valence-electron chi connectivity index (χ4n) is 2.08. The fraction of sp³-hybridized carbons (Fsp3) is 0.231. The maximum Gasteiger partial charge on any atom is 0.228 e. The molecule has 2 aliphatic rings. The Labute approximate surface area is 110 Å². The summed E-state index contributed by atoms with van der Waals surface area (Å²) in [4.78, 5) is 26.2. The summed E-state index contributed by atoms with van der Waals surface area (Å²) in [5.74, 6) is 1.80. The molecular formula is C13H13N5O. The molecule has 2 heterocycles. The van der Waals surface area contributed by atoms with Gasteiger partial charge in [-0.3, -0.25) is 15.0 Å². The van der Waals surface area contributed by atoms with Crippen molar-refractivity contribution >= 4 is 29.2 Å². The molecule has 0 saturated carbocycles. The quantitative estimate of drug-likeness (QED) is 0.758. The standard InChI is InChI=1S/C13H13N5O/c1-8-15-11-6-4-3-5-10(11)12-17-13(16-9(2)19)14-7-18(8)12/h3-6H,7H2,1-2H3,(H,14,16,19). The van der Waals surface area contributed by atoms with E-state index in [4.69, 9.17) is 0 Å². The first-order valence-corrected chi connectivity index (χ1v) is 5.98. The molecule has 6 nitrogen and oxygen atoms in total. The molecule has 0 bridgehead atoms. The van der Waals surface area contributed by atoms with E-state index in [1.54, 1.807) is 0 Å². The van der Waals surface area contributed by atoms with Crippen LogP contribution in [0.3, 0.4) is 0 Å². The number of benzene rings is 1. The van der Waals surface area contributed by atoms with Crippen molar-refractivity contribution in [1.29, 1.82) is 0 Å². The lowest BCUT2D eigenvalue weighted by atomic mass is 10.1. The second kappa shape index (κ2) is 4.31. The lowest BCUT2D eigenvalue weighted by Gasteiger charge is -2.31. The minimum Gasteiger partial charge on any atom is -0.295 e. The van der Waals surface area contributed by atoms with Gasteiger partial charge in [-0.2, -0.15) is 4.99 Å². The summed E-state index contributed by atoms with van der Waals surface area (Å²) >= 11 is 0. The fourth-order valence-corrected chi connectivity index (χ4v) is 2.08. The van der Waals surface area contributed by atoms with Gasteiger partial charge in [0.1, 0.15) is 18.3 Å². The first kappa shape index (κ1) is 11.6. The van der Waals surface area contributed by atoms with Crippen molar-refractivity contribution in [2.45, 2.75) is 13.8 Å². The molecule has 0 unspecified atom stereocenters. The van der Waals surface area contributed by atoms with Crippen molar-refractivity contribution in [2.24, 2.45) is 15.0 Å². The normalized spacial score (nSPS) is 16.7. The number of amides is 1. The van der Waals surface area contributed by atoms with Crippen LogP contribution in [-0.2, 0) is 4.79 Å². The van der Waals surface area contributed by atoms with Gasteiger partial charge in [0.05, 0.1) is 5.69 Å². The van der Waals surface area contributed by atoms with Crippen molar-refractivity contribution in [3.63, 3.8) is 0 Å². The number of guanidine groups is 1. The van der Waals surface area contributed by atoms with Crippen LogP contribution < -0.4 is 5.32 Å². The van der Waals surface area contributed by atoms with Crippen LogP contribution in [0.4, 0.5) is 5.69 Å². The van der Waals surface area contributed by atoms with Crippen LogP contribution in [0.25, 0.3) is 0 Å². The van der Waals surface area contributed by atoms with E-state index in [2.05, 4.69) is 20.3 Å². The van der Waals surface area contributed by atoms with E-state index in [0.29, 0.717) is 12.6 Å². The highest BCUT2D eigenvalue weighted by Crippen LogP contribution is 2.27. The van der Waals surface area contributed by atoms with Gasteiger partial charge in [-0.05, 0) is 19.1 Å². The topological polar surface area (TPSA) is 69.4 Å². The molecule has 0 saturated heterocycles. The SMILES string of the molecule is CC(=O)NC1=NCN2C(C)=Nc3ccccc3C2=N1. The van der Waals surface area contributed by atoms with Crippen LogP contribution in [0, 0.1) is 0 Å². The molecule has 1 aromatic rings. The molecule has 0 aromatic heterocycles. The Hall–Kier alpha value is -2.50. The molecule has 6 heteroatoms. The third-order valence-corrected chi connectivity index (χ3v) is 2.94. The van der Waals surface area contributed by atoms with Gasteiger partial charge in [0.2, 0.25) is 11.9 Å². The van der Waals surface area contributed by atoms with Gasteiger partial charge >= 0.3 is 0 Å². The molecule has 1 aromatic carbocycles. The van der Waals surface area contributed by atoms with E-state index in [1.807, 2.05) is 36.1 Å². The van der Waals surface area contributed by atoms with Gasteiger partial charge < -0.3 is 0 Å². The maximum absolute atomic E-state index is 11.1. The first-order valence-electron chi connectivity index (χ1n) is 5.98. The Morgan fingerprint density at radius 2 is 2.11 bits per heavy atom. The summed E-state index contributed by atoms with van der Waals surface area (Å²) < 4.78 is 0. The number of fused-ring (bicyclic) bond motifs is 3. The molecule has 0 fully saturated rings. The van der Waals surface area contributed by atoms with Crippen molar-refractivity contribution in [3.8, 4) is 0 Å². The lowest BCUT2D eigenvalue weighted by molar-refractivity contribution is -0.117. The zero-order valence-electron chi connectivity index (χ0n) is 10.7. The van der Waals surface area contributed by atoms with Crippen LogP contribution in [0.5, 0.6) is 0 Å². The number of carbonyl (C=O) groups excluding carboxylic acids is 1. The van der Waals surface area contributed by atoms with Gasteiger partial charge in [-0.25, -0.2) is 9.98 Å². The number of rotatable bonds is 0. The van der Waals surface area contributed by atoms with E-state index in [0.717, 1.165) is 22.9 Å². The van der Waals surface area contributed by atoms with Crippen LogP contribution in [0.2, 0.25) is 0 Å². The molecule has 19 heavy (non-hydrogen) atoms. The van der Waals surface area contributed by atoms with E-state index in [1.165, 1.54) is 6.92 Å². The Kier molecular flexibility index (Phi) is 2.63. The highest BCUT2D eigenvalue weighted by atomic mass is 16.1. The number of hydrogen-bond donors (Lipinski definition) is 1. The molecule has 0 spiro atoms.